The van der Waals surface area contributed by atoms with Crippen molar-refractivity contribution in [2.24, 2.45) is 5.73 Å². The molecule has 0 aliphatic rings. The third kappa shape index (κ3) is 13.9. The number of hydrogen-bond donors (Lipinski definition) is 3. The van der Waals surface area contributed by atoms with E-state index in [4.69, 9.17) is 5.73 Å². The van der Waals surface area contributed by atoms with Gasteiger partial charge in [-0.05, 0) is 52.5 Å². The smallest absolute Gasteiger partial charge is 0.00368 e. The molecule has 0 aromatic rings. The van der Waals surface area contributed by atoms with Crippen LogP contribution in [0.3, 0.4) is 0 Å². The van der Waals surface area contributed by atoms with E-state index in [9.17, 15) is 0 Å². The lowest BCUT2D eigenvalue weighted by molar-refractivity contribution is 0.557. The summed E-state index contributed by atoms with van der Waals surface area (Å²) < 4.78 is 0. The molecular formula is C12H29N3. The fraction of sp³-hybridized carbons (Fsp3) is 1.00. The van der Waals surface area contributed by atoms with Crippen molar-refractivity contribution in [1.82, 2.24) is 10.6 Å². The molecule has 3 heteroatoms. The van der Waals surface area contributed by atoms with E-state index in [2.05, 4.69) is 10.6 Å². The standard InChI is InChI=1S/C12H29N3/c1-14-10-8-12-15-11-7-5-3-2-4-6-9-13/h14-15H,2-13H2,1H3. The summed E-state index contributed by atoms with van der Waals surface area (Å²) in [4.78, 5) is 0. The van der Waals surface area contributed by atoms with Gasteiger partial charge in [-0.25, -0.2) is 0 Å². The van der Waals surface area contributed by atoms with E-state index in [0.29, 0.717) is 0 Å². The lowest BCUT2D eigenvalue weighted by Gasteiger charge is -2.04. The van der Waals surface area contributed by atoms with Gasteiger partial charge in [-0.15, -0.1) is 0 Å². The van der Waals surface area contributed by atoms with Gasteiger partial charge in [0.1, 0.15) is 0 Å². The minimum atomic E-state index is 0.854. The first-order valence-electron chi connectivity index (χ1n) is 6.47. The Morgan fingerprint density at radius 3 is 2.00 bits per heavy atom. The molecule has 0 aromatic carbocycles. The zero-order valence-electron chi connectivity index (χ0n) is 10.4. The highest BCUT2D eigenvalue weighted by molar-refractivity contribution is 4.51. The first-order chi connectivity index (χ1) is 7.41. The third-order valence-electron chi connectivity index (χ3n) is 2.59. The summed E-state index contributed by atoms with van der Waals surface area (Å²) in [5.41, 5.74) is 5.43. The lowest BCUT2D eigenvalue weighted by atomic mass is 10.1. The molecule has 0 heterocycles. The molecule has 0 saturated carbocycles. The minimum absolute atomic E-state index is 0.854. The van der Waals surface area contributed by atoms with E-state index < -0.39 is 0 Å². The first kappa shape index (κ1) is 14.9. The Morgan fingerprint density at radius 1 is 0.733 bits per heavy atom. The Hall–Kier alpha value is -0.120. The van der Waals surface area contributed by atoms with E-state index in [-0.39, 0.29) is 0 Å². The third-order valence-corrected chi connectivity index (χ3v) is 2.59. The van der Waals surface area contributed by atoms with Crippen molar-refractivity contribution >= 4 is 0 Å². The maximum Gasteiger partial charge on any atom is -0.00368 e. The van der Waals surface area contributed by atoms with Crippen LogP contribution in [0.1, 0.15) is 44.9 Å². The maximum absolute atomic E-state index is 5.43. The van der Waals surface area contributed by atoms with Crippen LogP contribution in [0.5, 0.6) is 0 Å². The summed E-state index contributed by atoms with van der Waals surface area (Å²) in [7, 11) is 2.00. The van der Waals surface area contributed by atoms with Gasteiger partial charge in [-0.1, -0.05) is 25.7 Å². The maximum atomic E-state index is 5.43. The molecule has 0 aliphatic heterocycles. The molecule has 0 radical (unpaired) electrons. The fourth-order valence-corrected chi connectivity index (χ4v) is 1.62. The number of hydrogen-bond acceptors (Lipinski definition) is 3. The first-order valence-corrected chi connectivity index (χ1v) is 6.47. The van der Waals surface area contributed by atoms with Crippen LogP contribution < -0.4 is 16.4 Å². The van der Waals surface area contributed by atoms with Gasteiger partial charge in [-0.2, -0.15) is 0 Å². The highest BCUT2D eigenvalue weighted by Crippen LogP contribution is 2.03. The molecule has 0 fully saturated rings. The Labute approximate surface area is 95.2 Å². The largest absolute Gasteiger partial charge is 0.330 e. The second kappa shape index (κ2) is 13.9. The van der Waals surface area contributed by atoms with Gasteiger partial charge in [0.2, 0.25) is 0 Å². The predicted molar refractivity (Wildman–Crippen MR) is 68.2 cm³/mol. The van der Waals surface area contributed by atoms with Crippen LogP contribution in [0, 0.1) is 0 Å². The Kier molecular flexibility index (Phi) is 13.8. The normalized spacial score (nSPS) is 10.8. The molecule has 0 spiro atoms. The number of rotatable bonds is 12. The van der Waals surface area contributed by atoms with E-state index >= 15 is 0 Å². The van der Waals surface area contributed by atoms with Crippen molar-refractivity contribution in [2.75, 3.05) is 33.2 Å². The highest BCUT2D eigenvalue weighted by Gasteiger charge is 1.91. The van der Waals surface area contributed by atoms with Gasteiger partial charge in [0, 0.05) is 0 Å². The molecule has 0 rings (SSSR count). The molecule has 4 N–H and O–H groups in total. The van der Waals surface area contributed by atoms with E-state index in [1.165, 1.54) is 51.5 Å². The average molecular weight is 215 g/mol. The molecule has 0 unspecified atom stereocenters. The summed E-state index contributed by atoms with van der Waals surface area (Å²) in [6.07, 6.45) is 9.16. The molecule has 0 bridgehead atoms. The van der Waals surface area contributed by atoms with Gasteiger partial charge in [0.15, 0.2) is 0 Å². The minimum Gasteiger partial charge on any atom is -0.330 e. The predicted octanol–water partition coefficient (Wildman–Crippen LogP) is 1.48. The molecule has 92 valence electrons. The quantitative estimate of drug-likeness (QED) is 0.432. The fourth-order valence-electron chi connectivity index (χ4n) is 1.62. The molecule has 0 aromatic heterocycles. The zero-order chi connectivity index (χ0) is 11.2. The second-order valence-corrected chi connectivity index (χ2v) is 4.12. The SMILES string of the molecule is CNCCCNCCCCCCCCN. The summed E-state index contributed by atoms with van der Waals surface area (Å²) in [5.74, 6) is 0. The van der Waals surface area contributed by atoms with Gasteiger partial charge in [0.25, 0.3) is 0 Å². The van der Waals surface area contributed by atoms with Crippen molar-refractivity contribution < 1.29 is 0 Å². The molecule has 0 aliphatic carbocycles. The van der Waals surface area contributed by atoms with Crippen molar-refractivity contribution in [3.05, 3.63) is 0 Å². The van der Waals surface area contributed by atoms with Gasteiger partial charge in [0.05, 0.1) is 0 Å². The number of nitrogens with one attached hydrogen (secondary N) is 2. The molecule has 0 saturated heterocycles. The monoisotopic (exact) mass is 215 g/mol. The topological polar surface area (TPSA) is 50.1 Å². The summed E-state index contributed by atoms with van der Waals surface area (Å²) >= 11 is 0. The van der Waals surface area contributed by atoms with E-state index in [0.717, 1.165) is 19.6 Å². The van der Waals surface area contributed by atoms with Crippen LogP contribution in [-0.2, 0) is 0 Å². The van der Waals surface area contributed by atoms with E-state index in [1.807, 2.05) is 7.05 Å². The summed E-state index contributed by atoms with van der Waals surface area (Å²) in [6.45, 7) is 4.30. The average Bonchev–Trinajstić information content (AvgIpc) is 2.26. The Morgan fingerprint density at radius 2 is 1.33 bits per heavy atom. The van der Waals surface area contributed by atoms with Crippen molar-refractivity contribution in [2.45, 2.75) is 44.9 Å². The lowest BCUT2D eigenvalue weighted by Crippen LogP contribution is -2.20. The molecule has 0 amide bonds. The number of unbranched alkanes of at least 4 members (excludes halogenated alkanes) is 5. The van der Waals surface area contributed by atoms with Crippen molar-refractivity contribution in [1.29, 1.82) is 0 Å². The molecule has 15 heavy (non-hydrogen) atoms. The van der Waals surface area contributed by atoms with Crippen LogP contribution in [0.2, 0.25) is 0 Å². The molecule has 3 nitrogen and oxygen atoms in total. The summed E-state index contributed by atoms with van der Waals surface area (Å²) in [5, 5.41) is 6.61. The zero-order valence-corrected chi connectivity index (χ0v) is 10.4. The molecular weight excluding hydrogens is 186 g/mol. The Balaban J connectivity index is 2.81. The highest BCUT2D eigenvalue weighted by atomic mass is 14.9. The van der Waals surface area contributed by atoms with E-state index in [1.54, 1.807) is 0 Å². The van der Waals surface area contributed by atoms with Crippen molar-refractivity contribution in [3.63, 3.8) is 0 Å². The second-order valence-electron chi connectivity index (χ2n) is 4.12. The summed E-state index contributed by atoms with van der Waals surface area (Å²) in [6, 6.07) is 0. The van der Waals surface area contributed by atoms with Gasteiger partial charge in [-0.3, -0.25) is 0 Å². The van der Waals surface area contributed by atoms with Crippen LogP contribution in [0.15, 0.2) is 0 Å². The molecule has 0 atom stereocenters. The van der Waals surface area contributed by atoms with Crippen LogP contribution in [0.4, 0.5) is 0 Å². The van der Waals surface area contributed by atoms with Crippen LogP contribution in [0.25, 0.3) is 0 Å². The van der Waals surface area contributed by atoms with Gasteiger partial charge < -0.3 is 16.4 Å². The number of nitrogens with two attached hydrogens (primary N) is 1. The van der Waals surface area contributed by atoms with Crippen LogP contribution in [-0.4, -0.2) is 33.2 Å². The van der Waals surface area contributed by atoms with Gasteiger partial charge >= 0.3 is 0 Å². The Bertz CT molecular complexity index is 95.0. The van der Waals surface area contributed by atoms with Crippen LogP contribution >= 0.6 is 0 Å². The van der Waals surface area contributed by atoms with Crippen molar-refractivity contribution in [3.8, 4) is 0 Å².